The Balaban J connectivity index is 1.93. The van der Waals surface area contributed by atoms with Gasteiger partial charge in [0.15, 0.2) is 0 Å². The van der Waals surface area contributed by atoms with Gasteiger partial charge in [-0.15, -0.1) is 0 Å². The predicted molar refractivity (Wildman–Crippen MR) is 86.3 cm³/mol. The molecule has 1 unspecified atom stereocenters. The van der Waals surface area contributed by atoms with E-state index in [0.717, 1.165) is 24.3 Å². The molecule has 116 valence electrons. The van der Waals surface area contributed by atoms with Gasteiger partial charge in [-0.25, -0.2) is 4.39 Å². The average molecular weight is 290 g/mol. The molecule has 1 heterocycles. The normalized spacial score (nSPS) is 25.0. The number of rotatable bonds is 2. The van der Waals surface area contributed by atoms with Gasteiger partial charge in [-0.1, -0.05) is 32.8 Å². The molecule has 1 saturated carbocycles. The summed E-state index contributed by atoms with van der Waals surface area (Å²) in [5.74, 6) is 0.438. The zero-order valence-electron chi connectivity index (χ0n) is 13.5. The Labute approximate surface area is 127 Å². The van der Waals surface area contributed by atoms with Gasteiger partial charge in [-0.05, 0) is 43.4 Å². The largest absolute Gasteiger partial charge is 0.363 e. The number of nitrogens with zero attached hydrogens (tertiary/aromatic N) is 1. The lowest BCUT2D eigenvalue weighted by Crippen LogP contribution is -2.64. The lowest BCUT2D eigenvalue weighted by molar-refractivity contribution is 0.244. The van der Waals surface area contributed by atoms with Crippen molar-refractivity contribution in [2.75, 3.05) is 18.0 Å². The van der Waals surface area contributed by atoms with Crippen molar-refractivity contribution in [2.24, 2.45) is 5.92 Å². The van der Waals surface area contributed by atoms with Crippen LogP contribution < -0.4 is 10.2 Å². The molecule has 1 N–H and O–H groups in total. The number of piperazine rings is 1. The second-order valence-corrected chi connectivity index (χ2v) is 7.26. The number of benzene rings is 1. The predicted octanol–water partition coefficient (Wildman–Crippen LogP) is 3.88. The van der Waals surface area contributed by atoms with Gasteiger partial charge < -0.3 is 10.2 Å². The van der Waals surface area contributed by atoms with Crippen LogP contribution >= 0.6 is 0 Å². The van der Waals surface area contributed by atoms with Crippen LogP contribution in [0.25, 0.3) is 0 Å². The zero-order chi connectivity index (χ0) is 15.0. The van der Waals surface area contributed by atoms with Crippen molar-refractivity contribution in [3.8, 4) is 0 Å². The summed E-state index contributed by atoms with van der Waals surface area (Å²) in [5, 5.41) is 3.79. The molecule has 1 aliphatic carbocycles. The van der Waals surface area contributed by atoms with Gasteiger partial charge in [0, 0.05) is 24.7 Å². The summed E-state index contributed by atoms with van der Waals surface area (Å²) >= 11 is 0. The number of hydrogen-bond donors (Lipinski definition) is 1. The molecule has 1 spiro atoms. The number of anilines is 1. The highest BCUT2D eigenvalue weighted by Crippen LogP contribution is 2.37. The van der Waals surface area contributed by atoms with Crippen LogP contribution in [0.5, 0.6) is 0 Å². The third kappa shape index (κ3) is 2.80. The van der Waals surface area contributed by atoms with E-state index in [1.807, 2.05) is 19.1 Å². The topological polar surface area (TPSA) is 15.3 Å². The van der Waals surface area contributed by atoms with Crippen molar-refractivity contribution in [3.63, 3.8) is 0 Å². The molecule has 1 aromatic rings. The van der Waals surface area contributed by atoms with Gasteiger partial charge in [0.2, 0.25) is 0 Å². The Morgan fingerprint density at radius 2 is 2.00 bits per heavy atom. The first-order chi connectivity index (χ1) is 10.0. The molecule has 2 aliphatic rings. The first-order valence-electron chi connectivity index (χ1n) is 8.29. The molecule has 0 bridgehead atoms. The zero-order valence-corrected chi connectivity index (χ0v) is 13.5. The average Bonchev–Trinajstić information content (AvgIpc) is 2.86. The maximum absolute atomic E-state index is 14.5. The first kappa shape index (κ1) is 14.8. The van der Waals surface area contributed by atoms with Gasteiger partial charge in [0.25, 0.3) is 0 Å². The van der Waals surface area contributed by atoms with Crippen molar-refractivity contribution in [1.82, 2.24) is 5.32 Å². The molecule has 2 nitrogen and oxygen atoms in total. The maximum atomic E-state index is 14.5. The summed E-state index contributed by atoms with van der Waals surface area (Å²) in [6.07, 6.45) is 5.04. The lowest BCUT2D eigenvalue weighted by Gasteiger charge is -2.49. The summed E-state index contributed by atoms with van der Waals surface area (Å²) in [4.78, 5) is 2.33. The van der Waals surface area contributed by atoms with Crippen LogP contribution in [0.4, 0.5) is 10.1 Å². The van der Waals surface area contributed by atoms with Crippen LogP contribution in [0.2, 0.25) is 0 Å². The van der Waals surface area contributed by atoms with E-state index in [1.54, 1.807) is 6.07 Å². The number of halogens is 1. The summed E-state index contributed by atoms with van der Waals surface area (Å²) < 4.78 is 14.5. The quantitative estimate of drug-likeness (QED) is 0.889. The van der Waals surface area contributed by atoms with E-state index < -0.39 is 0 Å². The standard InChI is InChI=1S/C18H27FN2/c1-13(2)17-11-20-18(8-4-5-9-18)12-21(17)16-7-6-14(3)10-15(16)19/h6-7,10,13,17,20H,4-5,8-9,11-12H2,1-3H3. The van der Waals surface area contributed by atoms with E-state index in [0.29, 0.717) is 12.0 Å². The molecule has 0 aromatic heterocycles. The van der Waals surface area contributed by atoms with Crippen molar-refractivity contribution in [1.29, 1.82) is 0 Å². The molecular formula is C18H27FN2. The van der Waals surface area contributed by atoms with Crippen molar-refractivity contribution >= 4 is 5.69 Å². The van der Waals surface area contributed by atoms with Gasteiger partial charge in [-0.2, -0.15) is 0 Å². The molecule has 1 aromatic carbocycles. The summed E-state index contributed by atoms with van der Waals surface area (Å²) in [7, 11) is 0. The Bertz CT molecular complexity index is 506. The van der Waals surface area contributed by atoms with E-state index in [9.17, 15) is 4.39 Å². The fourth-order valence-corrected chi connectivity index (χ4v) is 4.02. The highest BCUT2D eigenvalue weighted by Gasteiger charge is 2.42. The van der Waals surface area contributed by atoms with Crippen LogP contribution in [-0.4, -0.2) is 24.7 Å². The second kappa shape index (κ2) is 5.60. The molecule has 21 heavy (non-hydrogen) atoms. The maximum Gasteiger partial charge on any atom is 0.146 e. The fraction of sp³-hybridized carbons (Fsp3) is 0.667. The Hall–Kier alpha value is -1.09. The molecule has 1 aliphatic heterocycles. The van der Waals surface area contributed by atoms with Gasteiger partial charge in [0.05, 0.1) is 5.69 Å². The molecule has 3 rings (SSSR count). The van der Waals surface area contributed by atoms with Crippen molar-refractivity contribution in [3.05, 3.63) is 29.6 Å². The SMILES string of the molecule is Cc1ccc(N2CC3(CCCC3)NCC2C(C)C)c(F)c1. The van der Waals surface area contributed by atoms with Crippen LogP contribution in [0.3, 0.4) is 0 Å². The number of hydrogen-bond acceptors (Lipinski definition) is 2. The van der Waals surface area contributed by atoms with E-state index in [4.69, 9.17) is 0 Å². The highest BCUT2D eigenvalue weighted by atomic mass is 19.1. The van der Waals surface area contributed by atoms with Gasteiger partial charge in [0.1, 0.15) is 5.82 Å². The van der Waals surface area contributed by atoms with E-state index >= 15 is 0 Å². The molecule has 2 fully saturated rings. The van der Waals surface area contributed by atoms with E-state index in [1.165, 1.54) is 25.7 Å². The lowest BCUT2D eigenvalue weighted by atomic mass is 9.88. The minimum Gasteiger partial charge on any atom is -0.363 e. The molecule has 3 heteroatoms. The van der Waals surface area contributed by atoms with Crippen LogP contribution in [0.1, 0.15) is 45.1 Å². The Kier molecular flexibility index (Phi) is 3.96. The molecule has 0 amide bonds. The highest BCUT2D eigenvalue weighted by molar-refractivity contribution is 5.51. The van der Waals surface area contributed by atoms with Crippen LogP contribution in [0.15, 0.2) is 18.2 Å². The fourth-order valence-electron chi connectivity index (χ4n) is 4.02. The Morgan fingerprint density at radius 1 is 1.29 bits per heavy atom. The van der Waals surface area contributed by atoms with E-state index in [2.05, 4.69) is 24.1 Å². The van der Waals surface area contributed by atoms with Crippen LogP contribution in [0, 0.1) is 18.7 Å². The van der Waals surface area contributed by atoms with Gasteiger partial charge in [-0.3, -0.25) is 0 Å². The van der Waals surface area contributed by atoms with Crippen LogP contribution in [-0.2, 0) is 0 Å². The minimum atomic E-state index is -0.0734. The number of nitrogens with one attached hydrogen (secondary N) is 1. The number of aryl methyl sites for hydroxylation is 1. The summed E-state index contributed by atoms with van der Waals surface area (Å²) in [6.45, 7) is 8.32. The second-order valence-electron chi connectivity index (χ2n) is 7.26. The summed E-state index contributed by atoms with van der Waals surface area (Å²) in [5.41, 5.74) is 1.98. The smallest absolute Gasteiger partial charge is 0.146 e. The molecule has 1 atom stereocenters. The molecule has 0 radical (unpaired) electrons. The monoisotopic (exact) mass is 290 g/mol. The first-order valence-corrected chi connectivity index (χ1v) is 8.29. The molecular weight excluding hydrogens is 263 g/mol. The summed E-state index contributed by atoms with van der Waals surface area (Å²) in [6, 6.07) is 6.02. The van der Waals surface area contributed by atoms with Gasteiger partial charge >= 0.3 is 0 Å². The van der Waals surface area contributed by atoms with Crippen molar-refractivity contribution < 1.29 is 4.39 Å². The third-order valence-electron chi connectivity index (χ3n) is 5.30. The molecule has 1 saturated heterocycles. The minimum absolute atomic E-state index is 0.0734. The third-order valence-corrected chi connectivity index (χ3v) is 5.30. The Morgan fingerprint density at radius 3 is 2.62 bits per heavy atom. The van der Waals surface area contributed by atoms with Crippen molar-refractivity contribution in [2.45, 2.75) is 58.0 Å². The van der Waals surface area contributed by atoms with E-state index in [-0.39, 0.29) is 11.4 Å².